The maximum absolute atomic E-state index is 11.8. The average Bonchev–Trinajstić information content (AvgIpc) is 3.27. The van der Waals surface area contributed by atoms with E-state index in [0.717, 1.165) is 63.8 Å². The predicted molar refractivity (Wildman–Crippen MR) is 104 cm³/mol. The van der Waals surface area contributed by atoms with Crippen molar-refractivity contribution in [3.63, 3.8) is 0 Å². The third-order valence-corrected chi connectivity index (χ3v) is 6.54. The molecule has 1 aromatic rings. The minimum atomic E-state index is 0.333. The van der Waals surface area contributed by atoms with Crippen LogP contribution in [-0.2, 0) is 18.4 Å². The van der Waals surface area contributed by atoms with E-state index in [1.165, 1.54) is 45.2 Å². The first-order valence-corrected chi connectivity index (χ1v) is 10.8. The first-order chi connectivity index (χ1) is 13.2. The number of aromatic nitrogens is 3. The summed E-state index contributed by atoms with van der Waals surface area (Å²) in [6.07, 6.45) is 8.13. The maximum Gasteiger partial charge on any atom is 0.222 e. The highest BCUT2D eigenvalue weighted by Crippen LogP contribution is 2.26. The number of carbonyl (C=O) groups is 1. The van der Waals surface area contributed by atoms with Crippen LogP contribution in [0.1, 0.15) is 62.5 Å². The minimum absolute atomic E-state index is 0.333. The summed E-state index contributed by atoms with van der Waals surface area (Å²) in [5.74, 6) is 3.04. The van der Waals surface area contributed by atoms with Gasteiger partial charge >= 0.3 is 0 Å². The predicted octanol–water partition coefficient (Wildman–Crippen LogP) is 1.60. The number of rotatable bonds is 6. The first kappa shape index (κ1) is 18.9. The molecular weight excluding hydrogens is 340 g/mol. The normalized spacial score (nSPS) is 25.4. The Labute approximate surface area is 162 Å². The fourth-order valence-electron chi connectivity index (χ4n) is 4.86. The van der Waals surface area contributed by atoms with Crippen molar-refractivity contribution >= 4 is 5.91 Å². The molecule has 3 aliphatic rings. The van der Waals surface area contributed by atoms with Crippen molar-refractivity contribution in [2.75, 3.05) is 45.8 Å². The Morgan fingerprint density at radius 1 is 0.926 bits per heavy atom. The number of carbonyl (C=O) groups excluding carboxylic acids is 1. The van der Waals surface area contributed by atoms with E-state index in [0.29, 0.717) is 11.8 Å². The summed E-state index contributed by atoms with van der Waals surface area (Å²) in [6, 6.07) is 0. The molecule has 1 atom stereocenters. The summed E-state index contributed by atoms with van der Waals surface area (Å²) in [4.78, 5) is 18.9. The quantitative estimate of drug-likeness (QED) is 0.757. The van der Waals surface area contributed by atoms with Crippen LogP contribution in [0.5, 0.6) is 0 Å². The van der Waals surface area contributed by atoms with Gasteiger partial charge in [-0.1, -0.05) is 6.42 Å². The zero-order valence-electron chi connectivity index (χ0n) is 16.8. The van der Waals surface area contributed by atoms with Crippen molar-refractivity contribution in [3.05, 3.63) is 11.6 Å². The van der Waals surface area contributed by atoms with Crippen LogP contribution in [0.15, 0.2) is 0 Å². The number of likely N-dealkylation sites (tertiary alicyclic amines) is 3. The molecule has 0 aromatic carbocycles. The smallest absolute Gasteiger partial charge is 0.222 e. The van der Waals surface area contributed by atoms with E-state index in [-0.39, 0.29) is 0 Å². The van der Waals surface area contributed by atoms with Crippen LogP contribution in [-0.4, -0.2) is 81.2 Å². The molecule has 27 heavy (non-hydrogen) atoms. The lowest BCUT2D eigenvalue weighted by Gasteiger charge is -2.33. The van der Waals surface area contributed by atoms with Gasteiger partial charge in [-0.05, 0) is 51.7 Å². The molecule has 3 fully saturated rings. The molecular formula is C20H34N6O. The highest BCUT2D eigenvalue weighted by atomic mass is 16.2. The van der Waals surface area contributed by atoms with E-state index in [9.17, 15) is 4.79 Å². The molecule has 0 spiro atoms. The second-order valence-corrected chi connectivity index (χ2v) is 8.49. The molecule has 0 saturated carbocycles. The minimum Gasteiger partial charge on any atom is -0.341 e. The van der Waals surface area contributed by atoms with E-state index in [1.54, 1.807) is 0 Å². The van der Waals surface area contributed by atoms with Gasteiger partial charge in [-0.15, -0.1) is 10.2 Å². The van der Waals surface area contributed by atoms with E-state index >= 15 is 0 Å². The van der Waals surface area contributed by atoms with E-state index in [2.05, 4.69) is 31.6 Å². The van der Waals surface area contributed by atoms with Crippen LogP contribution in [0, 0.1) is 0 Å². The van der Waals surface area contributed by atoms with Crippen LogP contribution in [0.4, 0.5) is 0 Å². The molecule has 4 rings (SSSR count). The number of hydrogen-bond donors (Lipinski definition) is 0. The standard InChI is InChI=1S/C20H34N6O/c1-23-18(16-24-9-3-2-4-10-24)21-22-20(23)17-7-5-11-25(15-17)13-14-26-12-6-8-19(26)27/h17H,2-16H2,1H3/t17-/m0/s1. The summed E-state index contributed by atoms with van der Waals surface area (Å²) in [5.41, 5.74) is 0. The molecule has 7 nitrogen and oxygen atoms in total. The lowest BCUT2D eigenvalue weighted by molar-refractivity contribution is -0.127. The molecule has 150 valence electrons. The highest BCUT2D eigenvalue weighted by Gasteiger charge is 2.27. The average molecular weight is 375 g/mol. The van der Waals surface area contributed by atoms with Gasteiger partial charge in [-0.25, -0.2) is 0 Å². The SMILES string of the molecule is Cn1c(CN2CCCCC2)nnc1[C@H]1CCCN(CCN2CCCC2=O)C1. The molecule has 0 aliphatic carbocycles. The molecule has 3 aliphatic heterocycles. The largest absolute Gasteiger partial charge is 0.341 e. The summed E-state index contributed by atoms with van der Waals surface area (Å²) in [5, 5.41) is 9.11. The molecule has 1 aromatic heterocycles. The van der Waals surface area contributed by atoms with Crippen molar-refractivity contribution < 1.29 is 4.79 Å². The fourth-order valence-corrected chi connectivity index (χ4v) is 4.86. The third kappa shape index (κ3) is 4.51. The number of piperidine rings is 2. The van der Waals surface area contributed by atoms with Gasteiger partial charge in [-0.3, -0.25) is 9.69 Å². The van der Waals surface area contributed by atoms with Gasteiger partial charge in [0.1, 0.15) is 11.6 Å². The van der Waals surface area contributed by atoms with Gasteiger partial charge < -0.3 is 14.4 Å². The number of amides is 1. The van der Waals surface area contributed by atoms with Crippen molar-refractivity contribution in [2.24, 2.45) is 7.05 Å². The Morgan fingerprint density at radius 2 is 1.74 bits per heavy atom. The van der Waals surface area contributed by atoms with Gasteiger partial charge in [-0.2, -0.15) is 0 Å². The Hall–Kier alpha value is -1.47. The van der Waals surface area contributed by atoms with E-state index < -0.39 is 0 Å². The van der Waals surface area contributed by atoms with E-state index in [1.807, 2.05) is 4.90 Å². The van der Waals surface area contributed by atoms with Crippen LogP contribution in [0.2, 0.25) is 0 Å². The summed E-state index contributed by atoms with van der Waals surface area (Å²) in [7, 11) is 2.14. The zero-order chi connectivity index (χ0) is 18.6. The molecule has 3 saturated heterocycles. The number of nitrogens with zero attached hydrogens (tertiary/aromatic N) is 6. The van der Waals surface area contributed by atoms with Crippen LogP contribution >= 0.6 is 0 Å². The van der Waals surface area contributed by atoms with Crippen molar-refractivity contribution in [1.82, 2.24) is 29.5 Å². The van der Waals surface area contributed by atoms with Gasteiger partial charge in [0.05, 0.1) is 6.54 Å². The summed E-state index contributed by atoms with van der Waals surface area (Å²) in [6.45, 7) is 8.29. The Balaban J connectivity index is 1.33. The molecule has 1 amide bonds. The van der Waals surface area contributed by atoms with Crippen LogP contribution in [0.3, 0.4) is 0 Å². The van der Waals surface area contributed by atoms with E-state index in [4.69, 9.17) is 0 Å². The van der Waals surface area contributed by atoms with Crippen molar-refractivity contribution in [3.8, 4) is 0 Å². The number of hydrogen-bond acceptors (Lipinski definition) is 5. The topological polar surface area (TPSA) is 57.5 Å². The molecule has 7 heteroatoms. The summed E-state index contributed by atoms with van der Waals surface area (Å²) < 4.78 is 2.24. The molecule has 0 unspecified atom stereocenters. The maximum atomic E-state index is 11.8. The van der Waals surface area contributed by atoms with Crippen LogP contribution < -0.4 is 0 Å². The lowest BCUT2D eigenvalue weighted by atomic mass is 9.97. The second-order valence-electron chi connectivity index (χ2n) is 8.49. The third-order valence-electron chi connectivity index (χ3n) is 6.54. The molecule has 0 N–H and O–H groups in total. The lowest BCUT2D eigenvalue weighted by Crippen LogP contribution is -2.41. The Morgan fingerprint density at radius 3 is 2.52 bits per heavy atom. The Kier molecular flexibility index (Phi) is 6.08. The zero-order valence-corrected chi connectivity index (χ0v) is 16.8. The molecule has 0 bridgehead atoms. The molecule has 0 radical (unpaired) electrons. The van der Waals surface area contributed by atoms with Gasteiger partial charge in [0.25, 0.3) is 0 Å². The summed E-state index contributed by atoms with van der Waals surface area (Å²) >= 11 is 0. The van der Waals surface area contributed by atoms with Crippen LogP contribution in [0.25, 0.3) is 0 Å². The van der Waals surface area contributed by atoms with Crippen molar-refractivity contribution in [2.45, 2.75) is 57.4 Å². The Bertz CT molecular complexity index is 638. The monoisotopic (exact) mass is 374 g/mol. The molecule has 4 heterocycles. The fraction of sp³-hybridized carbons (Fsp3) is 0.850. The van der Waals surface area contributed by atoms with Gasteiger partial charge in [0.15, 0.2) is 0 Å². The highest BCUT2D eigenvalue weighted by molar-refractivity contribution is 5.78. The van der Waals surface area contributed by atoms with Crippen molar-refractivity contribution in [1.29, 1.82) is 0 Å². The van der Waals surface area contributed by atoms with Gasteiger partial charge in [0, 0.05) is 45.6 Å². The second kappa shape index (κ2) is 8.69. The first-order valence-electron chi connectivity index (χ1n) is 10.8. The van der Waals surface area contributed by atoms with Gasteiger partial charge in [0.2, 0.25) is 5.91 Å².